The third-order valence-electron chi connectivity index (χ3n) is 3.92. The zero-order valence-corrected chi connectivity index (χ0v) is 17.4. The van der Waals surface area contributed by atoms with Gasteiger partial charge in [0.25, 0.3) is 0 Å². The van der Waals surface area contributed by atoms with E-state index >= 15 is 0 Å². The van der Waals surface area contributed by atoms with Gasteiger partial charge in [-0.3, -0.25) is 0 Å². The summed E-state index contributed by atoms with van der Waals surface area (Å²) in [4.78, 5) is 8.02. The van der Waals surface area contributed by atoms with Crippen molar-refractivity contribution >= 4 is 23.3 Å². The first-order chi connectivity index (χ1) is 15.8. The lowest BCUT2D eigenvalue weighted by molar-refractivity contribution is -0.164. The Morgan fingerprint density at radius 2 is 1.61 bits per heavy atom. The molecule has 4 N–H and O–H groups in total. The molecule has 33 heavy (non-hydrogen) atoms. The molecule has 1 aliphatic rings. The molecule has 0 unspecified atom stereocenters. The number of hydrogen-bond donors (Lipinski definition) is 3. The van der Waals surface area contributed by atoms with Crippen LogP contribution in [-0.2, 0) is 4.74 Å². The van der Waals surface area contributed by atoms with E-state index in [4.69, 9.17) is 15.2 Å². The minimum Gasteiger partial charge on any atom is -0.489 e. The SMILES string of the molecule is C=C(N=C1N=C(N)Nc2cccc(c2)OCC=CCOc2cccc(c2)N1)OCC(F)(F)F. The lowest BCUT2D eigenvalue weighted by Crippen LogP contribution is -2.26. The Bertz CT molecular complexity index is 1070. The van der Waals surface area contributed by atoms with Crippen molar-refractivity contribution in [3.8, 4) is 11.5 Å². The van der Waals surface area contributed by atoms with Crippen LogP contribution >= 0.6 is 0 Å². The van der Waals surface area contributed by atoms with Crippen molar-refractivity contribution in [1.29, 1.82) is 0 Å². The molecule has 0 saturated carbocycles. The standard InChI is InChI=1S/C22H22F3N5O3/c1-15(33-14-22(23,24)25)27-21-29-17-7-5-9-19(13-17)32-11-3-2-10-31-18-8-4-6-16(12-18)28-20(26)30-21/h2-9,12-13H,1,10-11,14H2,(H4,26,27,28,29,30). The van der Waals surface area contributed by atoms with Crippen LogP contribution in [0, 0.1) is 0 Å². The maximum atomic E-state index is 12.4. The van der Waals surface area contributed by atoms with Gasteiger partial charge in [-0.05, 0) is 43.0 Å². The fraction of sp³-hybridized carbons (Fsp3) is 0.182. The van der Waals surface area contributed by atoms with Crippen molar-refractivity contribution in [2.45, 2.75) is 6.18 Å². The highest BCUT2D eigenvalue weighted by molar-refractivity contribution is 6.06. The van der Waals surface area contributed by atoms with Crippen LogP contribution in [0.2, 0.25) is 0 Å². The van der Waals surface area contributed by atoms with Crippen molar-refractivity contribution in [1.82, 2.24) is 0 Å². The Kier molecular flexibility index (Phi) is 7.79. The third kappa shape index (κ3) is 8.48. The smallest absolute Gasteiger partial charge is 0.422 e. The van der Waals surface area contributed by atoms with E-state index in [0.29, 0.717) is 36.1 Å². The van der Waals surface area contributed by atoms with E-state index in [-0.39, 0.29) is 11.9 Å². The molecule has 0 aliphatic carbocycles. The largest absolute Gasteiger partial charge is 0.489 e. The molecule has 4 bridgehead atoms. The molecule has 2 aromatic carbocycles. The van der Waals surface area contributed by atoms with Crippen LogP contribution < -0.4 is 25.8 Å². The zero-order chi connectivity index (χ0) is 23.7. The van der Waals surface area contributed by atoms with Crippen LogP contribution in [0.25, 0.3) is 0 Å². The summed E-state index contributed by atoms with van der Waals surface area (Å²) in [5.74, 6) is 0.406. The topological polar surface area (TPSA) is 102 Å². The minimum atomic E-state index is -4.53. The Balaban J connectivity index is 1.91. The van der Waals surface area contributed by atoms with Gasteiger partial charge in [-0.1, -0.05) is 12.1 Å². The number of hydrogen-bond acceptors (Lipinski definition) is 6. The molecule has 0 atom stereocenters. The molecular weight excluding hydrogens is 439 g/mol. The van der Waals surface area contributed by atoms with Crippen molar-refractivity contribution in [3.63, 3.8) is 0 Å². The first-order valence-corrected chi connectivity index (χ1v) is 9.73. The molecule has 3 rings (SSSR count). The Hall–Kier alpha value is -4.15. The number of benzene rings is 2. The van der Waals surface area contributed by atoms with E-state index < -0.39 is 18.7 Å². The van der Waals surface area contributed by atoms with Crippen molar-refractivity contribution in [3.05, 3.63) is 73.1 Å². The van der Waals surface area contributed by atoms with E-state index in [2.05, 4.69) is 31.9 Å². The molecule has 0 fully saturated rings. The number of alkyl halides is 3. The number of guanidine groups is 2. The van der Waals surface area contributed by atoms with Gasteiger partial charge in [-0.2, -0.15) is 23.2 Å². The second-order valence-electron chi connectivity index (χ2n) is 6.63. The number of ether oxygens (including phenoxy) is 3. The Morgan fingerprint density at radius 1 is 1.03 bits per heavy atom. The van der Waals surface area contributed by atoms with Gasteiger partial charge in [0.1, 0.15) is 24.7 Å². The highest BCUT2D eigenvalue weighted by Crippen LogP contribution is 2.20. The number of fused-ring (bicyclic) bond motifs is 4. The fourth-order valence-corrected chi connectivity index (χ4v) is 2.57. The predicted octanol–water partition coefficient (Wildman–Crippen LogP) is 4.26. The summed E-state index contributed by atoms with van der Waals surface area (Å²) in [5, 5.41) is 5.75. The number of aliphatic imine (C=N–C) groups is 2. The van der Waals surface area contributed by atoms with Crippen LogP contribution in [0.15, 0.2) is 83.1 Å². The Morgan fingerprint density at radius 3 is 2.18 bits per heavy atom. The first kappa shape index (κ1) is 23.5. The number of nitrogens with two attached hydrogens (primary N) is 1. The fourth-order valence-electron chi connectivity index (χ4n) is 2.57. The van der Waals surface area contributed by atoms with E-state index in [9.17, 15) is 13.2 Å². The van der Waals surface area contributed by atoms with Gasteiger partial charge in [0.05, 0.1) is 0 Å². The Labute approximate surface area is 188 Å². The van der Waals surface area contributed by atoms with Gasteiger partial charge in [0.2, 0.25) is 17.8 Å². The second kappa shape index (κ2) is 10.9. The van der Waals surface area contributed by atoms with E-state index in [1.165, 1.54) is 0 Å². The van der Waals surface area contributed by atoms with Gasteiger partial charge in [0, 0.05) is 23.5 Å². The molecule has 11 heteroatoms. The van der Waals surface area contributed by atoms with E-state index in [1.54, 1.807) is 48.5 Å². The molecule has 174 valence electrons. The molecule has 2 aromatic rings. The molecule has 1 aliphatic heterocycles. The molecule has 0 saturated heterocycles. The monoisotopic (exact) mass is 461 g/mol. The van der Waals surface area contributed by atoms with Gasteiger partial charge >= 0.3 is 6.18 Å². The van der Waals surface area contributed by atoms with Gasteiger partial charge in [0.15, 0.2) is 6.61 Å². The molecule has 0 aromatic heterocycles. The summed E-state index contributed by atoms with van der Waals surface area (Å²) in [7, 11) is 0. The summed E-state index contributed by atoms with van der Waals surface area (Å²) in [6, 6.07) is 13.8. The van der Waals surface area contributed by atoms with E-state index in [1.807, 2.05) is 12.2 Å². The molecule has 0 spiro atoms. The number of halogens is 3. The summed E-state index contributed by atoms with van der Waals surface area (Å²) in [6.45, 7) is 2.50. The quantitative estimate of drug-likeness (QED) is 0.466. The highest BCUT2D eigenvalue weighted by atomic mass is 19.4. The number of rotatable bonds is 3. The van der Waals surface area contributed by atoms with Crippen LogP contribution in [0.1, 0.15) is 0 Å². The second-order valence-corrected chi connectivity index (χ2v) is 6.63. The average molecular weight is 461 g/mol. The van der Waals surface area contributed by atoms with Crippen molar-refractivity contribution < 1.29 is 27.4 Å². The number of anilines is 2. The molecule has 0 amide bonds. The van der Waals surface area contributed by atoms with Gasteiger partial charge in [-0.25, -0.2) is 0 Å². The third-order valence-corrected chi connectivity index (χ3v) is 3.92. The zero-order valence-electron chi connectivity index (χ0n) is 17.4. The molecule has 8 nitrogen and oxygen atoms in total. The maximum Gasteiger partial charge on any atom is 0.422 e. The first-order valence-electron chi connectivity index (χ1n) is 9.73. The van der Waals surface area contributed by atoms with Crippen LogP contribution in [0.3, 0.4) is 0 Å². The van der Waals surface area contributed by atoms with Crippen molar-refractivity contribution in [2.24, 2.45) is 15.7 Å². The summed E-state index contributed by atoms with van der Waals surface area (Å²) < 4.78 is 53.2. The minimum absolute atomic E-state index is 0.0846. The van der Waals surface area contributed by atoms with Crippen LogP contribution in [0.5, 0.6) is 11.5 Å². The van der Waals surface area contributed by atoms with Crippen molar-refractivity contribution in [2.75, 3.05) is 30.5 Å². The van der Waals surface area contributed by atoms with E-state index in [0.717, 1.165) is 0 Å². The summed E-state index contributed by atoms with van der Waals surface area (Å²) in [5.41, 5.74) is 7.07. The van der Waals surface area contributed by atoms with Crippen LogP contribution in [0.4, 0.5) is 24.5 Å². The summed E-state index contributed by atoms with van der Waals surface area (Å²) >= 11 is 0. The molecular formula is C22H22F3N5O3. The normalized spacial score (nSPS) is 15.7. The molecule has 0 radical (unpaired) electrons. The lowest BCUT2D eigenvalue weighted by atomic mass is 10.3. The number of nitrogens with one attached hydrogen (secondary N) is 2. The lowest BCUT2D eigenvalue weighted by Gasteiger charge is -2.12. The average Bonchev–Trinajstić information content (AvgIpc) is 2.74. The predicted molar refractivity (Wildman–Crippen MR) is 120 cm³/mol. The number of nitrogens with zero attached hydrogens (tertiary/aromatic N) is 2. The maximum absolute atomic E-state index is 12.4. The van der Waals surface area contributed by atoms with Gasteiger partial charge in [-0.15, -0.1) is 0 Å². The van der Waals surface area contributed by atoms with Crippen LogP contribution in [-0.4, -0.2) is 37.9 Å². The highest BCUT2D eigenvalue weighted by Gasteiger charge is 2.28. The van der Waals surface area contributed by atoms with Gasteiger partial charge < -0.3 is 30.6 Å². The summed E-state index contributed by atoms with van der Waals surface area (Å²) in [6.07, 6.45) is -0.892. The molecule has 1 heterocycles.